The van der Waals surface area contributed by atoms with Gasteiger partial charge < -0.3 is 9.64 Å². The Hall–Kier alpha value is -2.97. The summed E-state index contributed by atoms with van der Waals surface area (Å²) in [4.78, 5) is 2.26. The predicted octanol–water partition coefficient (Wildman–Crippen LogP) is 2.97. The molecule has 0 saturated carbocycles. The van der Waals surface area contributed by atoms with Crippen molar-refractivity contribution in [2.45, 2.75) is 11.8 Å². The van der Waals surface area contributed by atoms with Gasteiger partial charge in [-0.15, -0.1) is 10.2 Å². The fraction of sp³-hybridized carbons (Fsp3) is 0.273. The molecular formula is C22H24N4O3S. The van der Waals surface area contributed by atoms with Crippen molar-refractivity contribution in [3.05, 3.63) is 66.2 Å². The number of ether oxygens (including phenoxy) is 1. The molecule has 1 aliphatic rings. The molecule has 1 aromatic heterocycles. The van der Waals surface area contributed by atoms with Crippen molar-refractivity contribution in [2.24, 2.45) is 0 Å². The lowest BCUT2D eigenvalue weighted by molar-refractivity contribution is 0.373. The number of hydrogen-bond donors (Lipinski definition) is 0. The first-order valence-electron chi connectivity index (χ1n) is 9.78. The van der Waals surface area contributed by atoms with Crippen molar-refractivity contribution in [1.82, 2.24) is 14.5 Å². The molecule has 1 fully saturated rings. The van der Waals surface area contributed by atoms with E-state index >= 15 is 0 Å². The maximum atomic E-state index is 13.0. The molecule has 0 atom stereocenters. The molecule has 4 rings (SSSR count). The van der Waals surface area contributed by atoms with Gasteiger partial charge in [-0.2, -0.15) is 4.31 Å². The molecule has 156 valence electrons. The van der Waals surface area contributed by atoms with Gasteiger partial charge >= 0.3 is 0 Å². The Morgan fingerprint density at radius 2 is 1.57 bits per heavy atom. The molecule has 1 aliphatic heterocycles. The number of nitrogens with zero attached hydrogens (tertiary/aromatic N) is 4. The lowest BCUT2D eigenvalue weighted by atomic mass is 10.1. The smallest absolute Gasteiger partial charge is 0.246 e. The maximum Gasteiger partial charge on any atom is 0.246 e. The molecule has 0 bridgehead atoms. The van der Waals surface area contributed by atoms with Crippen LogP contribution in [0.4, 0.5) is 5.82 Å². The van der Waals surface area contributed by atoms with Crippen LogP contribution in [0.1, 0.15) is 5.56 Å². The Kier molecular flexibility index (Phi) is 5.69. The average Bonchev–Trinajstić information content (AvgIpc) is 2.79. The topological polar surface area (TPSA) is 75.6 Å². The van der Waals surface area contributed by atoms with Crippen LogP contribution in [0.25, 0.3) is 11.3 Å². The van der Waals surface area contributed by atoms with Crippen LogP contribution in [-0.2, 0) is 10.0 Å². The first-order chi connectivity index (χ1) is 14.5. The highest BCUT2D eigenvalue weighted by Crippen LogP contribution is 2.28. The van der Waals surface area contributed by atoms with Crippen molar-refractivity contribution < 1.29 is 13.2 Å². The number of aryl methyl sites for hydroxylation is 1. The highest BCUT2D eigenvalue weighted by Gasteiger charge is 2.31. The Balaban J connectivity index is 1.46. The maximum absolute atomic E-state index is 13.0. The molecule has 1 saturated heterocycles. The zero-order valence-corrected chi connectivity index (χ0v) is 17.8. The number of benzene rings is 2. The molecule has 0 aliphatic carbocycles. The van der Waals surface area contributed by atoms with Gasteiger partial charge in [0.1, 0.15) is 10.6 Å². The standard InChI is InChI=1S/C22H24N4O3S/c1-17-7-3-4-8-18(17)19-11-12-22(24-23-19)25-13-15-26(16-14-25)30(27,28)21-10-6-5-9-20(21)29-2/h3-12H,13-16H2,1-2H3. The molecule has 2 heterocycles. The Labute approximate surface area is 177 Å². The molecule has 0 spiro atoms. The van der Waals surface area contributed by atoms with Gasteiger partial charge in [-0.3, -0.25) is 0 Å². The Morgan fingerprint density at radius 3 is 2.23 bits per heavy atom. The SMILES string of the molecule is COc1ccccc1S(=O)(=O)N1CCN(c2ccc(-c3ccccc3C)nn2)CC1. The van der Waals surface area contributed by atoms with E-state index in [-0.39, 0.29) is 4.90 Å². The number of hydrogen-bond acceptors (Lipinski definition) is 6. The Morgan fingerprint density at radius 1 is 0.867 bits per heavy atom. The average molecular weight is 425 g/mol. The molecule has 0 N–H and O–H groups in total. The van der Waals surface area contributed by atoms with E-state index in [1.54, 1.807) is 24.3 Å². The molecule has 8 heteroatoms. The van der Waals surface area contributed by atoms with Crippen molar-refractivity contribution >= 4 is 15.8 Å². The summed E-state index contributed by atoms with van der Waals surface area (Å²) in [6.45, 7) is 3.90. The third kappa shape index (κ3) is 3.88. The number of methoxy groups -OCH3 is 1. The van der Waals surface area contributed by atoms with Crippen LogP contribution in [0.5, 0.6) is 5.75 Å². The van der Waals surface area contributed by atoms with Crippen LogP contribution >= 0.6 is 0 Å². The summed E-state index contributed by atoms with van der Waals surface area (Å²) in [7, 11) is -2.13. The zero-order chi connectivity index (χ0) is 21.1. The number of para-hydroxylation sites is 1. The monoisotopic (exact) mass is 424 g/mol. The van der Waals surface area contributed by atoms with Crippen molar-refractivity contribution in [3.63, 3.8) is 0 Å². The fourth-order valence-electron chi connectivity index (χ4n) is 3.63. The fourth-order valence-corrected chi connectivity index (χ4v) is 5.20. The summed E-state index contributed by atoms with van der Waals surface area (Å²) in [5, 5.41) is 8.76. The zero-order valence-electron chi connectivity index (χ0n) is 17.0. The third-order valence-corrected chi connectivity index (χ3v) is 7.26. The highest BCUT2D eigenvalue weighted by atomic mass is 32.2. The van der Waals surface area contributed by atoms with Crippen molar-refractivity contribution in [3.8, 4) is 17.0 Å². The van der Waals surface area contributed by atoms with E-state index < -0.39 is 10.0 Å². The number of aromatic nitrogens is 2. The lowest BCUT2D eigenvalue weighted by Gasteiger charge is -2.34. The van der Waals surface area contributed by atoms with Crippen LogP contribution in [0.2, 0.25) is 0 Å². The van der Waals surface area contributed by atoms with E-state index in [2.05, 4.69) is 15.1 Å². The van der Waals surface area contributed by atoms with Crippen LogP contribution in [0.15, 0.2) is 65.6 Å². The molecule has 30 heavy (non-hydrogen) atoms. The van der Waals surface area contributed by atoms with E-state index in [9.17, 15) is 8.42 Å². The molecule has 2 aromatic carbocycles. The molecular weight excluding hydrogens is 400 g/mol. The minimum atomic E-state index is -3.61. The molecule has 0 radical (unpaired) electrons. The van der Waals surface area contributed by atoms with Crippen LogP contribution < -0.4 is 9.64 Å². The second kappa shape index (κ2) is 8.41. The summed E-state index contributed by atoms with van der Waals surface area (Å²) in [6, 6.07) is 18.7. The molecule has 3 aromatic rings. The summed E-state index contributed by atoms with van der Waals surface area (Å²) < 4.78 is 32.8. The van der Waals surface area contributed by atoms with Gasteiger partial charge in [0.15, 0.2) is 5.82 Å². The summed E-state index contributed by atoms with van der Waals surface area (Å²) in [6.07, 6.45) is 0. The third-order valence-electron chi connectivity index (χ3n) is 5.32. The first-order valence-corrected chi connectivity index (χ1v) is 11.2. The number of rotatable bonds is 5. The van der Waals surface area contributed by atoms with Gasteiger partial charge in [-0.1, -0.05) is 36.4 Å². The second-order valence-electron chi connectivity index (χ2n) is 7.13. The summed E-state index contributed by atoms with van der Waals surface area (Å²) in [5.41, 5.74) is 3.04. The predicted molar refractivity (Wildman–Crippen MR) is 116 cm³/mol. The van der Waals surface area contributed by atoms with E-state index in [1.807, 2.05) is 43.3 Å². The minimum Gasteiger partial charge on any atom is -0.495 e. The van der Waals surface area contributed by atoms with Crippen LogP contribution in [0.3, 0.4) is 0 Å². The molecule has 7 nitrogen and oxygen atoms in total. The second-order valence-corrected chi connectivity index (χ2v) is 9.04. The van der Waals surface area contributed by atoms with E-state index in [0.29, 0.717) is 31.9 Å². The van der Waals surface area contributed by atoms with Gasteiger partial charge in [0.25, 0.3) is 0 Å². The van der Waals surface area contributed by atoms with Crippen molar-refractivity contribution in [1.29, 1.82) is 0 Å². The van der Waals surface area contributed by atoms with Gasteiger partial charge in [-0.05, 0) is 36.8 Å². The largest absolute Gasteiger partial charge is 0.495 e. The quantitative estimate of drug-likeness (QED) is 0.627. The van der Waals surface area contributed by atoms with E-state index in [4.69, 9.17) is 4.74 Å². The lowest BCUT2D eigenvalue weighted by Crippen LogP contribution is -2.49. The summed E-state index contributed by atoms with van der Waals surface area (Å²) in [5.74, 6) is 1.11. The summed E-state index contributed by atoms with van der Waals surface area (Å²) >= 11 is 0. The van der Waals surface area contributed by atoms with Crippen molar-refractivity contribution in [2.75, 3.05) is 38.2 Å². The van der Waals surface area contributed by atoms with E-state index in [0.717, 1.165) is 22.6 Å². The number of sulfonamides is 1. The molecule has 0 amide bonds. The van der Waals surface area contributed by atoms with Crippen LogP contribution in [0, 0.1) is 6.92 Å². The van der Waals surface area contributed by atoms with Gasteiger partial charge in [0.05, 0.1) is 12.8 Å². The van der Waals surface area contributed by atoms with Gasteiger partial charge in [0, 0.05) is 31.7 Å². The van der Waals surface area contributed by atoms with Gasteiger partial charge in [-0.25, -0.2) is 8.42 Å². The molecule has 0 unspecified atom stereocenters. The first kappa shape index (κ1) is 20.3. The van der Waals surface area contributed by atoms with Gasteiger partial charge in [0.2, 0.25) is 10.0 Å². The van der Waals surface area contributed by atoms with E-state index in [1.165, 1.54) is 11.4 Å². The van der Waals surface area contributed by atoms with Crippen LogP contribution in [-0.4, -0.2) is 56.2 Å². The highest BCUT2D eigenvalue weighted by molar-refractivity contribution is 7.89. The normalized spacial score (nSPS) is 15.2. The number of anilines is 1. The number of piperazine rings is 1. The minimum absolute atomic E-state index is 0.198. The Bertz CT molecular complexity index is 1130.